The van der Waals surface area contributed by atoms with Crippen LogP contribution in [-0.2, 0) is 6.54 Å². The number of fused-ring (bicyclic) bond motifs is 1. The van der Waals surface area contributed by atoms with Crippen LogP contribution in [0.1, 0.15) is 5.56 Å². The summed E-state index contributed by atoms with van der Waals surface area (Å²) in [6.45, 7) is 0.821. The number of ether oxygens (including phenoxy) is 3. The van der Waals surface area contributed by atoms with E-state index >= 15 is 0 Å². The van der Waals surface area contributed by atoms with Crippen molar-refractivity contribution < 1.29 is 14.2 Å². The molecule has 1 aliphatic rings. The summed E-state index contributed by atoms with van der Waals surface area (Å²) in [5, 5.41) is 0. The Morgan fingerprint density at radius 2 is 2.13 bits per heavy atom. The fourth-order valence-corrected chi connectivity index (χ4v) is 1.38. The third-order valence-electron chi connectivity index (χ3n) is 2.09. The molecule has 78 valence electrons. The second kappa shape index (κ2) is 4.11. The maximum Gasteiger partial charge on any atom is 0.231 e. The molecule has 1 aliphatic heterocycles. The van der Waals surface area contributed by atoms with Gasteiger partial charge in [-0.2, -0.15) is 0 Å². The SMILES string of the molecule is C#CCOc1cc2c(cc1CN)OCO2. The van der Waals surface area contributed by atoms with Crippen LogP contribution >= 0.6 is 0 Å². The molecule has 0 aliphatic carbocycles. The van der Waals surface area contributed by atoms with Gasteiger partial charge >= 0.3 is 0 Å². The lowest BCUT2D eigenvalue weighted by Gasteiger charge is -2.09. The van der Waals surface area contributed by atoms with Crippen molar-refractivity contribution in [1.29, 1.82) is 0 Å². The van der Waals surface area contributed by atoms with E-state index in [1.54, 1.807) is 6.07 Å². The molecule has 0 unspecified atom stereocenters. The number of rotatable bonds is 3. The van der Waals surface area contributed by atoms with Gasteiger partial charge < -0.3 is 19.9 Å². The van der Waals surface area contributed by atoms with Crippen molar-refractivity contribution in [3.05, 3.63) is 17.7 Å². The first-order valence-corrected chi connectivity index (χ1v) is 4.54. The Bertz CT molecular complexity index is 409. The summed E-state index contributed by atoms with van der Waals surface area (Å²) in [4.78, 5) is 0. The van der Waals surface area contributed by atoms with Gasteiger partial charge in [0.1, 0.15) is 12.4 Å². The van der Waals surface area contributed by atoms with E-state index in [-0.39, 0.29) is 13.4 Å². The van der Waals surface area contributed by atoms with Gasteiger partial charge in [-0.15, -0.1) is 6.42 Å². The Labute approximate surface area is 87.9 Å². The highest BCUT2D eigenvalue weighted by atomic mass is 16.7. The Balaban J connectivity index is 2.32. The van der Waals surface area contributed by atoms with Crippen LogP contribution in [0, 0.1) is 12.3 Å². The number of nitrogens with two attached hydrogens (primary N) is 1. The Hall–Kier alpha value is -1.86. The molecule has 2 rings (SSSR count). The van der Waals surface area contributed by atoms with Crippen LogP contribution in [0.4, 0.5) is 0 Å². The van der Waals surface area contributed by atoms with Crippen LogP contribution < -0.4 is 19.9 Å². The van der Waals surface area contributed by atoms with Crippen LogP contribution in [0.5, 0.6) is 17.2 Å². The summed E-state index contributed by atoms with van der Waals surface area (Å²) in [6, 6.07) is 3.57. The molecule has 1 aromatic rings. The van der Waals surface area contributed by atoms with E-state index in [1.807, 2.05) is 6.07 Å². The number of hydrogen-bond donors (Lipinski definition) is 1. The third-order valence-corrected chi connectivity index (χ3v) is 2.09. The molecular weight excluding hydrogens is 194 g/mol. The highest BCUT2D eigenvalue weighted by molar-refractivity contribution is 5.51. The van der Waals surface area contributed by atoms with Crippen LogP contribution in [0.3, 0.4) is 0 Å². The monoisotopic (exact) mass is 205 g/mol. The molecular formula is C11H11NO3. The minimum absolute atomic E-state index is 0.215. The number of terminal acetylenes is 1. The van der Waals surface area contributed by atoms with Crippen molar-refractivity contribution in [1.82, 2.24) is 0 Å². The van der Waals surface area contributed by atoms with Crippen molar-refractivity contribution >= 4 is 0 Å². The van der Waals surface area contributed by atoms with Gasteiger partial charge in [-0.3, -0.25) is 0 Å². The molecule has 1 aromatic carbocycles. The minimum atomic E-state index is 0.215. The van der Waals surface area contributed by atoms with E-state index in [1.165, 1.54) is 0 Å². The number of benzene rings is 1. The normalized spacial score (nSPS) is 12.3. The molecule has 0 amide bonds. The lowest BCUT2D eigenvalue weighted by molar-refractivity contribution is 0.174. The van der Waals surface area contributed by atoms with E-state index in [2.05, 4.69) is 5.92 Å². The fourth-order valence-electron chi connectivity index (χ4n) is 1.38. The van der Waals surface area contributed by atoms with Gasteiger partial charge in [-0.25, -0.2) is 0 Å². The molecule has 0 aromatic heterocycles. The highest BCUT2D eigenvalue weighted by Gasteiger charge is 2.17. The molecule has 4 nitrogen and oxygen atoms in total. The van der Waals surface area contributed by atoms with Crippen LogP contribution in [0.15, 0.2) is 12.1 Å². The second-order valence-electron chi connectivity index (χ2n) is 3.01. The molecule has 0 fully saturated rings. The van der Waals surface area contributed by atoms with E-state index < -0.39 is 0 Å². The van der Waals surface area contributed by atoms with Crippen molar-refractivity contribution in [2.45, 2.75) is 6.54 Å². The molecule has 0 spiro atoms. The first-order chi connectivity index (χ1) is 7.35. The summed E-state index contributed by atoms with van der Waals surface area (Å²) < 4.78 is 15.8. The third kappa shape index (κ3) is 1.83. The maximum atomic E-state index is 5.59. The maximum absolute atomic E-state index is 5.59. The Morgan fingerprint density at radius 1 is 1.40 bits per heavy atom. The zero-order valence-corrected chi connectivity index (χ0v) is 8.16. The molecule has 0 bridgehead atoms. The smallest absolute Gasteiger partial charge is 0.231 e. The summed E-state index contributed by atoms with van der Waals surface area (Å²) >= 11 is 0. The summed E-state index contributed by atoms with van der Waals surface area (Å²) in [7, 11) is 0. The minimum Gasteiger partial charge on any atom is -0.480 e. The Kier molecular flexibility index (Phi) is 2.66. The molecule has 15 heavy (non-hydrogen) atoms. The lowest BCUT2D eigenvalue weighted by atomic mass is 10.2. The quantitative estimate of drug-likeness (QED) is 0.744. The van der Waals surface area contributed by atoms with Crippen LogP contribution in [0.25, 0.3) is 0 Å². The van der Waals surface area contributed by atoms with Gasteiger partial charge in [-0.1, -0.05) is 5.92 Å². The zero-order chi connectivity index (χ0) is 10.7. The highest BCUT2D eigenvalue weighted by Crippen LogP contribution is 2.37. The molecule has 1 heterocycles. The zero-order valence-electron chi connectivity index (χ0n) is 8.16. The largest absolute Gasteiger partial charge is 0.480 e. The summed E-state index contributed by atoms with van der Waals surface area (Å²) in [5.74, 6) is 4.42. The Morgan fingerprint density at radius 3 is 2.80 bits per heavy atom. The summed E-state index contributed by atoms with van der Waals surface area (Å²) in [5.41, 5.74) is 6.44. The first-order valence-electron chi connectivity index (χ1n) is 4.54. The van der Waals surface area contributed by atoms with E-state index in [0.29, 0.717) is 23.8 Å². The molecule has 0 atom stereocenters. The molecule has 0 radical (unpaired) electrons. The topological polar surface area (TPSA) is 53.7 Å². The predicted molar refractivity (Wildman–Crippen MR) is 54.8 cm³/mol. The molecule has 4 heteroatoms. The molecule has 2 N–H and O–H groups in total. The van der Waals surface area contributed by atoms with Crippen molar-refractivity contribution in [2.24, 2.45) is 5.73 Å². The van der Waals surface area contributed by atoms with Crippen molar-refractivity contribution in [3.8, 4) is 29.6 Å². The van der Waals surface area contributed by atoms with Gasteiger partial charge in [0.25, 0.3) is 0 Å². The standard InChI is InChI=1S/C11H11NO3/c1-2-3-13-9-5-11-10(14-7-15-11)4-8(9)6-12/h1,4-5H,3,6-7,12H2. The van der Waals surface area contributed by atoms with Gasteiger partial charge in [-0.05, 0) is 6.07 Å². The van der Waals surface area contributed by atoms with Gasteiger partial charge in [0.2, 0.25) is 6.79 Å². The average Bonchev–Trinajstić information content (AvgIpc) is 2.71. The lowest BCUT2D eigenvalue weighted by Crippen LogP contribution is -2.02. The average molecular weight is 205 g/mol. The van der Waals surface area contributed by atoms with E-state index in [4.69, 9.17) is 26.4 Å². The predicted octanol–water partition coefficient (Wildman–Crippen LogP) is 0.886. The van der Waals surface area contributed by atoms with E-state index in [0.717, 1.165) is 5.56 Å². The van der Waals surface area contributed by atoms with Crippen molar-refractivity contribution in [2.75, 3.05) is 13.4 Å². The molecule has 0 saturated carbocycles. The molecule has 0 saturated heterocycles. The number of hydrogen-bond acceptors (Lipinski definition) is 4. The van der Waals surface area contributed by atoms with E-state index in [9.17, 15) is 0 Å². The van der Waals surface area contributed by atoms with Crippen LogP contribution in [-0.4, -0.2) is 13.4 Å². The van der Waals surface area contributed by atoms with Gasteiger partial charge in [0.15, 0.2) is 11.5 Å². The fraction of sp³-hybridized carbons (Fsp3) is 0.273. The first kappa shape index (κ1) is 9.69. The van der Waals surface area contributed by atoms with Crippen LogP contribution in [0.2, 0.25) is 0 Å². The van der Waals surface area contributed by atoms with Crippen molar-refractivity contribution in [3.63, 3.8) is 0 Å². The second-order valence-corrected chi connectivity index (χ2v) is 3.01. The van der Waals surface area contributed by atoms with Gasteiger partial charge in [0, 0.05) is 18.2 Å². The summed E-state index contributed by atoms with van der Waals surface area (Å²) in [6.07, 6.45) is 5.12. The van der Waals surface area contributed by atoms with Gasteiger partial charge in [0.05, 0.1) is 0 Å².